The Bertz CT molecular complexity index is 1200. The molecule has 0 bridgehead atoms. The van der Waals surface area contributed by atoms with E-state index in [0.29, 0.717) is 58.0 Å². The quantitative estimate of drug-likeness (QED) is 0.526. The first-order valence-electron chi connectivity index (χ1n) is 14.8. The lowest BCUT2D eigenvalue weighted by Gasteiger charge is -2.43. The number of amides is 3. The van der Waals surface area contributed by atoms with Gasteiger partial charge in [0.05, 0.1) is 31.2 Å². The van der Waals surface area contributed by atoms with E-state index < -0.39 is 23.5 Å². The zero-order valence-corrected chi connectivity index (χ0v) is 23.3. The van der Waals surface area contributed by atoms with Crippen LogP contribution in [-0.2, 0) is 9.53 Å². The third kappa shape index (κ3) is 6.42. The maximum absolute atomic E-state index is 14.0. The zero-order valence-electron chi connectivity index (χ0n) is 23.3. The molecule has 8 heteroatoms. The van der Waals surface area contributed by atoms with E-state index in [4.69, 9.17) is 10.5 Å². The van der Waals surface area contributed by atoms with Crippen molar-refractivity contribution in [2.45, 2.75) is 62.9 Å². The normalized spacial score (nSPS) is 22.2. The summed E-state index contributed by atoms with van der Waals surface area (Å²) in [5, 5.41) is 13.5. The van der Waals surface area contributed by atoms with Gasteiger partial charge < -0.3 is 25.6 Å². The van der Waals surface area contributed by atoms with Crippen molar-refractivity contribution >= 4 is 17.6 Å². The molecule has 212 valence electrons. The highest BCUT2D eigenvalue weighted by molar-refractivity contribution is 5.82. The van der Waals surface area contributed by atoms with Crippen molar-refractivity contribution in [3.63, 3.8) is 0 Å². The van der Waals surface area contributed by atoms with E-state index in [1.165, 1.54) is 24.8 Å². The second kappa shape index (κ2) is 12.7. The number of nitrogens with two attached hydrogens (primary N) is 1. The van der Waals surface area contributed by atoms with Gasteiger partial charge in [-0.2, -0.15) is 5.26 Å². The molecule has 3 fully saturated rings. The minimum atomic E-state index is -0.942. The predicted octanol–water partition coefficient (Wildman–Crippen LogP) is 4.70. The van der Waals surface area contributed by atoms with E-state index in [0.717, 1.165) is 24.1 Å². The first-order chi connectivity index (χ1) is 19.5. The number of hydrogen-bond donors (Lipinski definition) is 2. The fraction of sp³-hybridized carbons (Fsp3) is 0.531. The van der Waals surface area contributed by atoms with Gasteiger partial charge in [0.25, 0.3) is 0 Å². The van der Waals surface area contributed by atoms with Gasteiger partial charge in [0.2, 0.25) is 5.91 Å². The molecule has 2 aliphatic heterocycles. The topological polar surface area (TPSA) is 112 Å². The van der Waals surface area contributed by atoms with E-state index in [1.807, 2.05) is 18.2 Å². The van der Waals surface area contributed by atoms with Gasteiger partial charge in [-0.1, -0.05) is 74.6 Å². The summed E-state index contributed by atoms with van der Waals surface area (Å²) in [6, 6.07) is 20.3. The van der Waals surface area contributed by atoms with Gasteiger partial charge in [0, 0.05) is 38.2 Å². The third-order valence-electron chi connectivity index (χ3n) is 9.07. The van der Waals surface area contributed by atoms with Crippen LogP contribution in [-0.4, -0.2) is 61.3 Å². The molecule has 40 heavy (non-hydrogen) atoms. The molecule has 0 spiro atoms. The molecule has 5 rings (SSSR count). The molecule has 2 aromatic rings. The number of rotatable bonds is 7. The molecule has 1 aliphatic carbocycles. The first-order valence-corrected chi connectivity index (χ1v) is 14.8. The van der Waals surface area contributed by atoms with Crippen molar-refractivity contribution in [3.8, 4) is 17.2 Å². The number of carbonyl (C=O) groups excluding carboxylic acids is 2. The number of primary amides is 1. The summed E-state index contributed by atoms with van der Waals surface area (Å²) < 4.78 is 5.73. The van der Waals surface area contributed by atoms with Gasteiger partial charge in [-0.15, -0.1) is 0 Å². The van der Waals surface area contributed by atoms with Crippen molar-refractivity contribution in [2.75, 3.05) is 37.7 Å². The second-order valence-corrected chi connectivity index (χ2v) is 11.6. The van der Waals surface area contributed by atoms with Crippen molar-refractivity contribution in [1.82, 2.24) is 10.2 Å². The molecule has 2 heterocycles. The third-order valence-corrected chi connectivity index (χ3v) is 9.07. The monoisotopic (exact) mass is 543 g/mol. The van der Waals surface area contributed by atoms with Crippen LogP contribution in [0.1, 0.15) is 51.4 Å². The molecule has 8 nitrogen and oxygen atoms in total. The molecule has 3 aliphatic rings. The number of nitrogens with zero attached hydrogens (tertiary/aromatic N) is 3. The standard InChI is InChI=1S/C32H41N5O3/c33-23-32(14-16-36(17-15-32)27-13-7-12-26(21-27)25-10-5-2-6-11-25)35-30(38)28(20-24-8-3-1-4-9-24)29-22-40-19-18-37(29)31(34)39/h2,5-7,10-13,21,24,28-29H,1,3-4,8-9,14-20,22H2,(H2,34,39)(H,35,38). The van der Waals surface area contributed by atoms with Crippen LogP contribution in [0.3, 0.4) is 0 Å². The molecular weight excluding hydrogens is 502 g/mol. The summed E-state index contributed by atoms with van der Waals surface area (Å²) in [6.07, 6.45) is 7.50. The number of hydrogen-bond acceptors (Lipinski definition) is 5. The molecule has 1 saturated carbocycles. The van der Waals surface area contributed by atoms with Gasteiger partial charge in [-0.25, -0.2) is 4.79 Å². The Morgan fingerprint density at radius 1 is 1.02 bits per heavy atom. The van der Waals surface area contributed by atoms with Crippen LogP contribution in [0.25, 0.3) is 11.1 Å². The maximum atomic E-state index is 14.0. The maximum Gasteiger partial charge on any atom is 0.315 e. The van der Waals surface area contributed by atoms with E-state index in [9.17, 15) is 14.9 Å². The number of urea groups is 1. The first kappa shape index (κ1) is 28.0. The number of ether oxygens (including phenoxy) is 1. The van der Waals surface area contributed by atoms with Gasteiger partial charge in [0.1, 0.15) is 5.54 Å². The summed E-state index contributed by atoms with van der Waals surface area (Å²) in [4.78, 5) is 30.1. The van der Waals surface area contributed by atoms with E-state index in [1.54, 1.807) is 4.90 Å². The Morgan fingerprint density at radius 3 is 2.45 bits per heavy atom. The fourth-order valence-electron chi connectivity index (χ4n) is 6.70. The molecule has 3 N–H and O–H groups in total. The Balaban J connectivity index is 1.29. The van der Waals surface area contributed by atoms with E-state index in [-0.39, 0.29) is 5.91 Å². The predicted molar refractivity (Wildman–Crippen MR) is 155 cm³/mol. The molecule has 2 aromatic carbocycles. The number of nitrogens with one attached hydrogen (secondary N) is 1. The summed E-state index contributed by atoms with van der Waals surface area (Å²) in [5.74, 6) is -0.187. The van der Waals surface area contributed by atoms with Crippen LogP contribution in [0.4, 0.5) is 10.5 Å². The highest BCUT2D eigenvalue weighted by atomic mass is 16.5. The zero-order chi connectivity index (χ0) is 28.0. The number of morpholine rings is 1. The van der Waals surface area contributed by atoms with Crippen molar-refractivity contribution < 1.29 is 14.3 Å². The Labute approximate surface area is 237 Å². The Kier molecular flexibility index (Phi) is 8.91. The van der Waals surface area contributed by atoms with Crippen LogP contribution in [0.15, 0.2) is 54.6 Å². The number of benzene rings is 2. The fourth-order valence-corrected chi connectivity index (χ4v) is 6.70. The summed E-state index contributed by atoms with van der Waals surface area (Å²) >= 11 is 0. The number of piperidine rings is 1. The second-order valence-electron chi connectivity index (χ2n) is 11.6. The lowest BCUT2D eigenvalue weighted by molar-refractivity contribution is -0.132. The van der Waals surface area contributed by atoms with E-state index in [2.05, 4.69) is 52.7 Å². The molecular formula is C32H41N5O3. The number of carbonyl (C=O) groups is 2. The Morgan fingerprint density at radius 2 is 1.75 bits per heavy atom. The lowest BCUT2D eigenvalue weighted by Crippen LogP contribution is -2.61. The molecule has 0 aromatic heterocycles. The van der Waals surface area contributed by atoms with Gasteiger partial charge in [-0.05, 0) is 35.6 Å². The average molecular weight is 544 g/mol. The minimum absolute atomic E-state index is 0.159. The van der Waals surface area contributed by atoms with Crippen molar-refractivity contribution in [3.05, 3.63) is 54.6 Å². The van der Waals surface area contributed by atoms with E-state index >= 15 is 0 Å². The summed E-state index contributed by atoms with van der Waals surface area (Å²) in [6.45, 7) is 2.42. The highest BCUT2D eigenvalue weighted by Gasteiger charge is 2.43. The number of anilines is 1. The molecule has 2 atom stereocenters. The van der Waals surface area contributed by atoms with Gasteiger partial charge >= 0.3 is 6.03 Å². The molecule has 0 radical (unpaired) electrons. The molecule has 2 saturated heterocycles. The number of nitriles is 1. The summed E-state index contributed by atoms with van der Waals surface area (Å²) in [7, 11) is 0. The smallest absolute Gasteiger partial charge is 0.315 e. The van der Waals surface area contributed by atoms with Crippen LogP contribution in [0.5, 0.6) is 0 Å². The molecule has 2 unspecified atom stereocenters. The SMILES string of the molecule is N#CC1(NC(=O)C(CC2CCCCC2)C2COCCN2C(N)=O)CCN(c2cccc(-c3ccccc3)c2)CC1. The van der Waals surface area contributed by atoms with Crippen LogP contribution in [0.2, 0.25) is 0 Å². The highest BCUT2D eigenvalue weighted by Crippen LogP contribution is 2.34. The van der Waals surface area contributed by atoms with Crippen LogP contribution < -0.4 is 16.0 Å². The van der Waals surface area contributed by atoms with Crippen LogP contribution >= 0.6 is 0 Å². The minimum Gasteiger partial charge on any atom is -0.377 e. The Hall–Kier alpha value is -3.57. The molecule has 3 amide bonds. The van der Waals surface area contributed by atoms with Gasteiger partial charge in [0.15, 0.2) is 0 Å². The van der Waals surface area contributed by atoms with Crippen molar-refractivity contribution in [1.29, 1.82) is 5.26 Å². The van der Waals surface area contributed by atoms with Crippen molar-refractivity contribution in [2.24, 2.45) is 17.6 Å². The average Bonchev–Trinajstić information content (AvgIpc) is 3.01. The summed E-state index contributed by atoms with van der Waals surface area (Å²) in [5.41, 5.74) is 8.22. The largest absolute Gasteiger partial charge is 0.377 e. The van der Waals surface area contributed by atoms with Crippen LogP contribution in [0, 0.1) is 23.2 Å². The lowest BCUT2D eigenvalue weighted by atomic mass is 9.79. The van der Waals surface area contributed by atoms with Gasteiger partial charge in [-0.3, -0.25) is 4.79 Å².